The number of nitrogens with zero attached hydrogens (tertiary/aromatic N) is 1. The van der Waals surface area contributed by atoms with Crippen molar-refractivity contribution in [2.24, 2.45) is 0 Å². The molecule has 0 aromatic rings. The fraction of sp³-hybridized carbons (Fsp3) is 0.778. The maximum Gasteiger partial charge on any atom is 0.281 e. The molecule has 4 nitrogen and oxygen atoms in total. The van der Waals surface area contributed by atoms with Gasteiger partial charge in [0, 0.05) is 31.8 Å². The van der Waals surface area contributed by atoms with Crippen molar-refractivity contribution in [1.29, 1.82) is 0 Å². The highest BCUT2D eigenvalue weighted by molar-refractivity contribution is 8.13. The molecule has 0 aromatic heterocycles. The zero-order valence-corrected chi connectivity index (χ0v) is 9.23. The van der Waals surface area contributed by atoms with Gasteiger partial charge in [-0.05, 0) is 6.42 Å². The topological polar surface area (TPSA) is 49.4 Å². The number of amides is 2. The van der Waals surface area contributed by atoms with E-state index in [9.17, 15) is 9.59 Å². The van der Waals surface area contributed by atoms with E-state index < -0.39 is 0 Å². The van der Waals surface area contributed by atoms with Gasteiger partial charge in [-0.1, -0.05) is 18.7 Å². The second-order valence-corrected chi connectivity index (χ2v) is 4.25. The van der Waals surface area contributed by atoms with Gasteiger partial charge in [0.15, 0.2) is 0 Å². The largest absolute Gasteiger partial charge is 0.356 e. The molecule has 0 atom stereocenters. The molecule has 0 radical (unpaired) electrons. The molecule has 0 saturated carbocycles. The average molecular weight is 216 g/mol. The van der Waals surface area contributed by atoms with Crippen LogP contribution in [0.1, 0.15) is 19.8 Å². The van der Waals surface area contributed by atoms with Crippen molar-refractivity contribution < 1.29 is 9.59 Å². The monoisotopic (exact) mass is 216 g/mol. The number of hydrogen-bond donors (Lipinski definition) is 1. The lowest BCUT2D eigenvalue weighted by Gasteiger charge is -2.13. The SMILES string of the molecule is CCCNC(=O)CCN1CCSC1=O. The molecule has 2 amide bonds. The fourth-order valence-corrected chi connectivity index (χ4v) is 2.07. The molecule has 1 N–H and O–H groups in total. The predicted octanol–water partition coefficient (Wildman–Crippen LogP) is 1.07. The number of thioether (sulfide) groups is 1. The second-order valence-electron chi connectivity index (χ2n) is 3.20. The van der Waals surface area contributed by atoms with Gasteiger partial charge in [-0.3, -0.25) is 9.59 Å². The molecule has 0 aliphatic carbocycles. The first kappa shape index (κ1) is 11.4. The summed E-state index contributed by atoms with van der Waals surface area (Å²) >= 11 is 1.33. The van der Waals surface area contributed by atoms with Crippen LogP contribution in [0.5, 0.6) is 0 Å². The van der Waals surface area contributed by atoms with E-state index in [1.165, 1.54) is 11.8 Å². The molecule has 1 aliphatic heterocycles. The molecule has 0 aromatic carbocycles. The molecule has 1 rings (SSSR count). The van der Waals surface area contributed by atoms with Crippen LogP contribution in [0.2, 0.25) is 0 Å². The Morgan fingerprint density at radius 1 is 1.64 bits per heavy atom. The number of nitrogens with one attached hydrogen (secondary N) is 1. The highest BCUT2D eigenvalue weighted by Crippen LogP contribution is 2.16. The summed E-state index contributed by atoms with van der Waals surface area (Å²) in [4.78, 5) is 24.1. The molecule has 1 heterocycles. The van der Waals surface area contributed by atoms with Gasteiger partial charge in [0.25, 0.3) is 5.24 Å². The van der Waals surface area contributed by atoms with Crippen LogP contribution in [0.25, 0.3) is 0 Å². The Hall–Kier alpha value is -0.710. The minimum atomic E-state index is 0.0385. The van der Waals surface area contributed by atoms with Crippen molar-refractivity contribution in [1.82, 2.24) is 10.2 Å². The Morgan fingerprint density at radius 2 is 2.43 bits per heavy atom. The minimum Gasteiger partial charge on any atom is -0.356 e. The van der Waals surface area contributed by atoms with E-state index in [4.69, 9.17) is 0 Å². The molecular weight excluding hydrogens is 200 g/mol. The smallest absolute Gasteiger partial charge is 0.281 e. The first-order valence-corrected chi connectivity index (χ1v) is 5.91. The highest BCUT2D eigenvalue weighted by atomic mass is 32.2. The van der Waals surface area contributed by atoms with Crippen LogP contribution in [0.4, 0.5) is 4.79 Å². The minimum absolute atomic E-state index is 0.0385. The Morgan fingerprint density at radius 3 is 3.00 bits per heavy atom. The van der Waals surface area contributed by atoms with Crippen LogP contribution in [0.15, 0.2) is 0 Å². The van der Waals surface area contributed by atoms with Gasteiger partial charge in [-0.2, -0.15) is 0 Å². The zero-order valence-electron chi connectivity index (χ0n) is 8.41. The van der Waals surface area contributed by atoms with E-state index in [0.29, 0.717) is 13.0 Å². The van der Waals surface area contributed by atoms with E-state index in [2.05, 4.69) is 5.32 Å². The number of carbonyl (C=O) groups excluding carboxylic acids is 2. The van der Waals surface area contributed by atoms with Gasteiger partial charge in [0.1, 0.15) is 0 Å². The van der Waals surface area contributed by atoms with Crippen molar-refractivity contribution in [3.05, 3.63) is 0 Å². The average Bonchev–Trinajstić information content (AvgIpc) is 2.58. The number of carbonyl (C=O) groups is 2. The Kier molecular flexibility index (Phi) is 4.79. The van der Waals surface area contributed by atoms with E-state index >= 15 is 0 Å². The summed E-state index contributed by atoms with van der Waals surface area (Å²) < 4.78 is 0. The normalized spacial score (nSPS) is 16.1. The van der Waals surface area contributed by atoms with Crippen LogP contribution in [0.3, 0.4) is 0 Å². The molecule has 80 valence electrons. The van der Waals surface area contributed by atoms with Crippen LogP contribution in [-0.4, -0.2) is 41.4 Å². The number of rotatable bonds is 5. The van der Waals surface area contributed by atoms with Crippen molar-refractivity contribution in [3.8, 4) is 0 Å². The van der Waals surface area contributed by atoms with E-state index in [1.807, 2.05) is 6.92 Å². The van der Waals surface area contributed by atoms with Gasteiger partial charge in [-0.25, -0.2) is 0 Å². The Labute approximate surface area is 88.4 Å². The van der Waals surface area contributed by atoms with Gasteiger partial charge in [0.2, 0.25) is 5.91 Å². The second kappa shape index (κ2) is 5.90. The van der Waals surface area contributed by atoms with Crippen molar-refractivity contribution in [3.63, 3.8) is 0 Å². The summed E-state index contributed by atoms with van der Waals surface area (Å²) in [5, 5.41) is 2.89. The first-order valence-electron chi connectivity index (χ1n) is 4.92. The van der Waals surface area contributed by atoms with Crippen LogP contribution in [0, 0.1) is 0 Å². The third-order valence-electron chi connectivity index (χ3n) is 2.03. The lowest BCUT2D eigenvalue weighted by atomic mass is 10.3. The molecule has 0 unspecified atom stereocenters. The van der Waals surface area contributed by atoms with E-state index in [1.54, 1.807) is 4.90 Å². The summed E-state index contributed by atoms with van der Waals surface area (Å²) in [6.07, 6.45) is 1.37. The summed E-state index contributed by atoms with van der Waals surface area (Å²) in [7, 11) is 0. The summed E-state index contributed by atoms with van der Waals surface area (Å²) in [6, 6.07) is 0. The van der Waals surface area contributed by atoms with Crippen molar-refractivity contribution >= 4 is 22.9 Å². The zero-order chi connectivity index (χ0) is 10.4. The predicted molar refractivity (Wildman–Crippen MR) is 57.3 cm³/mol. The Balaban J connectivity index is 2.13. The molecule has 0 spiro atoms. The lowest BCUT2D eigenvalue weighted by molar-refractivity contribution is -0.121. The summed E-state index contributed by atoms with van der Waals surface area (Å²) in [5.41, 5.74) is 0. The van der Waals surface area contributed by atoms with Gasteiger partial charge < -0.3 is 10.2 Å². The van der Waals surface area contributed by atoms with Crippen LogP contribution >= 0.6 is 11.8 Å². The maximum absolute atomic E-state index is 11.2. The molecule has 1 fully saturated rings. The van der Waals surface area contributed by atoms with E-state index in [-0.39, 0.29) is 11.1 Å². The van der Waals surface area contributed by atoms with E-state index in [0.717, 1.165) is 25.3 Å². The summed E-state index contributed by atoms with van der Waals surface area (Å²) in [6.45, 7) is 4.08. The van der Waals surface area contributed by atoms with Gasteiger partial charge in [0.05, 0.1) is 0 Å². The molecule has 5 heteroatoms. The Bertz CT molecular complexity index is 221. The van der Waals surface area contributed by atoms with Gasteiger partial charge >= 0.3 is 0 Å². The first-order chi connectivity index (χ1) is 6.74. The molecule has 1 aliphatic rings. The third-order valence-corrected chi connectivity index (χ3v) is 2.92. The van der Waals surface area contributed by atoms with Crippen LogP contribution < -0.4 is 5.32 Å². The highest BCUT2D eigenvalue weighted by Gasteiger charge is 2.20. The van der Waals surface area contributed by atoms with Crippen molar-refractivity contribution in [2.75, 3.05) is 25.4 Å². The lowest BCUT2D eigenvalue weighted by Crippen LogP contribution is -2.31. The fourth-order valence-electron chi connectivity index (χ4n) is 1.22. The number of hydrogen-bond acceptors (Lipinski definition) is 3. The quantitative estimate of drug-likeness (QED) is 0.748. The van der Waals surface area contributed by atoms with Crippen molar-refractivity contribution in [2.45, 2.75) is 19.8 Å². The maximum atomic E-state index is 11.2. The molecular formula is C9H16N2O2S. The molecule has 0 bridgehead atoms. The van der Waals surface area contributed by atoms with Gasteiger partial charge in [-0.15, -0.1) is 0 Å². The van der Waals surface area contributed by atoms with Crippen LogP contribution in [-0.2, 0) is 4.79 Å². The summed E-state index contributed by atoms with van der Waals surface area (Å²) in [5.74, 6) is 0.895. The third kappa shape index (κ3) is 3.57. The molecule has 14 heavy (non-hydrogen) atoms. The standard InChI is InChI=1S/C9H16N2O2S/c1-2-4-10-8(12)3-5-11-6-7-14-9(11)13/h2-7H2,1H3,(H,10,12). The molecule has 1 saturated heterocycles.